The van der Waals surface area contributed by atoms with Crippen molar-refractivity contribution in [3.8, 4) is 0 Å². The number of carbonyl (C=O) groups excluding carboxylic acids is 1. The van der Waals surface area contributed by atoms with Crippen LogP contribution in [-0.2, 0) is 6.54 Å². The topological polar surface area (TPSA) is 58.4 Å². The summed E-state index contributed by atoms with van der Waals surface area (Å²) in [6.07, 6.45) is 1.26. The van der Waals surface area contributed by atoms with Crippen molar-refractivity contribution in [2.45, 2.75) is 52.2 Å². The van der Waals surface area contributed by atoms with Crippen LogP contribution in [0.2, 0.25) is 0 Å². The van der Waals surface area contributed by atoms with E-state index in [0.717, 1.165) is 25.1 Å². The Morgan fingerprint density at radius 2 is 2.32 bits per heavy atom. The van der Waals surface area contributed by atoms with Crippen LogP contribution >= 0.6 is 0 Å². The Bertz CT molecular complexity index is 454. The number of hydrogen-bond donors (Lipinski definition) is 1. The van der Waals surface area contributed by atoms with Gasteiger partial charge < -0.3 is 10.0 Å². The summed E-state index contributed by atoms with van der Waals surface area (Å²) in [6, 6.07) is 1.89. The maximum absolute atomic E-state index is 12.5. The van der Waals surface area contributed by atoms with Crippen molar-refractivity contribution in [1.82, 2.24) is 14.7 Å². The minimum atomic E-state index is -0.389. The van der Waals surface area contributed by atoms with Crippen LogP contribution in [-0.4, -0.2) is 44.9 Å². The molecule has 106 valence electrons. The Balaban J connectivity index is 2.22. The molecule has 0 radical (unpaired) electrons. The summed E-state index contributed by atoms with van der Waals surface area (Å²) in [5.74, 6) is 0.297. The molecule has 0 saturated carbocycles. The monoisotopic (exact) mass is 265 g/mol. The van der Waals surface area contributed by atoms with Crippen LogP contribution in [0.3, 0.4) is 0 Å². The van der Waals surface area contributed by atoms with Crippen LogP contribution in [0, 0.1) is 0 Å². The fourth-order valence-corrected chi connectivity index (χ4v) is 2.43. The number of aliphatic hydroxyl groups excluding tert-OH is 1. The second kappa shape index (κ2) is 5.74. The minimum absolute atomic E-state index is 0.0139. The zero-order valence-corrected chi connectivity index (χ0v) is 12.0. The average Bonchev–Trinajstić information content (AvgIpc) is 2.82. The Kier molecular flexibility index (Phi) is 4.24. The van der Waals surface area contributed by atoms with Gasteiger partial charge in [0.15, 0.2) is 0 Å². The first-order valence-electron chi connectivity index (χ1n) is 7.08. The highest BCUT2D eigenvalue weighted by molar-refractivity contribution is 5.92. The number of rotatable bonds is 3. The van der Waals surface area contributed by atoms with Crippen LogP contribution in [0.4, 0.5) is 0 Å². The van der Waals surface area contributed by atoms with Crippen molar-refractivity contribution in [2.24, 2.45) is 0 Å². The smallest absolute Gasteiger partial charge is 0.272 e. The molecule has 19 heavy (non-hydrogen) atoms. The summed E-state index contributed by atoms with van der Waals surface area (Å²) in [5, 5.41) is 14.1. The van der Waals surface area contributed by atoms with Crippen LogP contribution in [0.15, 0.2) is 6.07 Å². The Morgan fingerprint density at radius 3 is 2.89 bits per heavy atom. The lowest BCUT2D eigenvalue weighted by atomic mass is 10.1. The fourth-order valence-electron chi connectivity index (χ4n) is 2.43. The van der Waals surface area contributed by atoms with Gasteiger partial charge in [-0.05, 0) is 31.7 Å². The molecule has 0 spiro atoms. The third kappa shape index (κ3) is 2.97. The van der Waals surface area contributed by atoms with E-state index in [1.807, 2.05) is 13.0 Å². The third-order valence-corrected chi connectivity index (χ3v) is 3.59. The van der Waals surface area contributed by atoms with Gasteiger partial charge in [-0.1, -0.05) is 13.8 Å². The zero-order valence-electron chi connectivity index (χ0n) is 12.0. The summed E-state index contributed by atoms with van der Waals surface area (Å²) < 4.78 is 1.76. The van der Waals surface area contributed by atoms with Crippen LogP contribution < -0.4 is 0 Å². The van der Waals surface area contributed by atoms with Crippen molar-refractivity contribution in [2.75, 3.05) is 13.1 Å². The van der Waals surface area contributed by atoms with Crippen molar-refractivity contribution in [3.63, 3.8) is 0 Å². The molecule has 0 aliphatic carbocycles. The largest absolute Gasteiger partial charge is 0.391 e. The van der Waals surface area contributed by atoms with E-state index in [4.69, 9.17) is 0 Å². The molecule has 5 heteroatoms. The first-order chi connectivity index (χ1) is 9.02. The zero-order chi connectivity index (χ0) is 14.0. The van der Waals surface area contributed by atoms with Gasteiger partial charge in [-0.15, -0.1) is 0 Å². The molecule has 5 nitrogen and oxygen atoms in total. The number of β-amino-alcohol motifs (C(OH)–C–C–N with tert-alkyl or cyclic N) is 1. The summed E-state index contributed by atoms with van der Waals surface area (Å²) in [7, 11) is 0. The molecule has 0 aromatic carbocycles. The molecule has 1 aliphatic heterocycles. The molecule has 1 atom stereocenters. The Labute approximate surface area is 114 Å². The van der Waals surface area contributed by atoms with Gasteiger partial charge in [-0.3, -0.25) is 9.48 Å². The van der Waals surface area contributed by atoms with E-state index >= 15 is 0 Å². The number of amides is 1. The number of likely N-dealkylation sites (tertiary alicyclic amines) is 1. The molecule has 1 aliphatic rings. The van der Waals surface area contributed by atoms with E-state index < -0.39 is 0 Å². The van der Waals surface area contributed by atoms with Crippen molar-refractivity contribution in [1.29, 1.82) is 0 Å². The van der Waals surface area contributed by atoms with Gasteiger partial charge in [0.05, 0.1) is 11.8 Å². The van der Waals surface area contributed by atoms with Gasteiger partial charge in [0.25, 0.3) is 5.91 Å². The quantitative estimate of drug-likeness (QED) is 0.903. The minimum Gasteiger partial charge on any atom is -0.391 e. The van der Waals surface area contributed by atoms with Crippen LogP contribution in [0.5, 0.6) is 0 Å². The Hall–Kier alpha value is -1.36. The molecule has 1 aromatic heterocycles. The van der Waals surface area contributed by atoms with Gasteiger partial charge in [0.1, 0.15) is 5.69 Å². The van der Waals surface area contributed by atoms with Crippen LogP contribution in [0.1, 0.15) is 55.7 Å². The highest BCUT2D eigenvalue weighted by Gasteiger charge is 2.26. The summed E-state index contributed by atoms with van der Waals surface area (Å²) in [4.78, 5) is 14.3. The van der Waals surface area contributed by atoms with Crippen molar-refractivity contribution in [3.05, 3.63) is 17.5 Å². The molecule has 1 fully saturated rings. The molecule has 1 saturated heterocycles. The van der Waals surface area contributed by atoms with E-state index in [9.17, 15) is 9.90 Å². The van der Waals surface area contributed by atoms with E-state index in [0.29, 0.717) is 24.7 Å². The second-order valence-corrected chi connectivity index (χ2v) is 5.47. The predicted molar refractivity (Wildman–Crippen MR) is 73.1 cm³/mol. The highest BCUT2D eigenvalue weighted by atomic mass is 16.3. The summed E-state index contributed by atoms with van der Waals surface area (Å²) in [5.41, 5.74) is 1.59. The second-order valence-electron chi connectivity index (χ2n) is 5.47. The fraction of sp³-hybridized carbons (Fsp3) is 0.714. The standard InChI is InChI=1S/C14H23N3O2/c1-4-17-13(8-12(15-17)10(2)3)14(19)16-7-5-6-11(18)9-16/h8,10-11,18H,4-7,9H2,1-3H3. The molecule has 2 heterocycles. The Morgan fingerprint density at radius 1 is 1.58 bits per heavy atom. The van der Waals surface area contributed by atoms with Crippen molar-refractivity contribution < 1.29 is 9.90 Å². The van der Waals surface area contributed by atoms with E-state index in [1.165, 1.54) is 0 Å². The lowest BCUT2D eigenvalue weighted by Gasteiger charge is -2.30. The lowest BCUT2D eigenvalue weighted by molar-refractivity contribution is 0.0463. The maximum atomic E-state index is 12.5. The molecule has 1 N–H and O–H groups in total. The molecule has 1 amide bonds. The normalized spacial score (nSPS) is 20.1. The van der Waals surface area contributed by atoms with Gasteiger partial charge >= 0.3 is 0 Å². The lowest BCUT2D eigenvalue weighted by Crippen LogP contribution is -2.42. The number of hydrogen-bond acceptors (Lipinski definition) is 3. The van der Waals surface area contributed by atoms with E-state index in [2.05, 4.69) is 18.9 Å². The number of nitrogens with zero attached hydrogens (tertiary/aromatic N) is 3. The average molecular weight is 265 g/mol. The number of piperidine rings is 1. The molecular weight excluding hydrogens is 242 g/mol. The predicted octanol–water partition coefficient (Wildman–Crippen LogP) is 1.62. The van der Waals surface area contributed by atoms with Gasteiger partial charge in [-0.2, -0.15) is 5.10 Å². The highest BCUT2D eigenvalue weighted by Crippen LogP contribution is 2.18. The molecule has 0 bridgehead atoms. The number of aromatic nitrogens is 2. The van der Waals surface area contributed by atoms with Gasteiger partial charge in [0.2, 0.25) is 0 Å². The first kappa shape index (κ1) is 14.1. The summed E-state index contributed by atoms with van der Waals surface area (Å²) in [6.45, 7) is 7.97. The molecule has 1 unspecified atom stereocenters. The third-order valence-electron chi connectivity index (χ3n) is 3.59. The van der Waals surface area contributed by atoms with Crippen molar-refractivity contribution >= 4 is 5.91 Å². The summed E-state index contributed by atoms with van der Waals surface area (Å²) >= 11 is 0. The number of aryl methyl sites for hydroxylation is 1. The van der Waals surface area contributed by atoms with Crippen LogP contribution in [0.25, 0.3) is 0 Å². The van der Waals surface area contributed by atoms with E-state index in [1.54, 1.807) is 9.58 Å². The van der Waals surface area contributed by atoms with E-state index in [-0.39, 0.29) is 12.0 Å². The number of carbonyl (C=O) groups is 1. The molecule has 1 aromatic rings. The van der Waals surface area contributed by atoms with Gasteiger partial charge in [0, 0.05) is 19.6 Å². The first-order valence-corrected chi connectivity index (χ1v) is 7.08. The van der Waals surface area contributed by atoms with Gasteiger partial charge in [-0.25, -0.2) is 0 Å². The SMILES string of the molecule is CCn1nc(C(C)C)cc1C(=O)N1CCCC(O)C1. The molecule has 2 rings (SSSR count). The number of aliphatic hydroxyl groups is 1. The maximum Gasteiger partial charge on any atom is 0.272 e. The molecular formula is C14H23N3O2.